The van der Waals surface area contributed by atoms with Crippen molar-refractivity contribution in [2.45, 2.75) is 71.3 Å². The summed E-state index contributed by atoms with van der Waals surface area (Å²) in [5, 5.41) is 2.99. The zero-order chi connectivity index (χ0) is 18.5. The summed E-state index contributed by atoms with van der Waals surface area (Å²) < 4.78 is 4.82. The van der Waals surface area contributed by atoms with Crippen molar-refractivity contribution < 1.29 is 9.53 Å². The Morgan fingerprint density at radius 1 is 1.12 bits per heavy atom. The average molecular weight is 346 g/mol. The standard InChI is InChI=1S/C22H35NO2/c1-5-7-8-9-10-11-12-13-19(6-2)21(23-22(24)25-4)20-16-14-18(3)15-17-20/h6,14-17,19,21H,2,5,7-13H2,1,3-4H3,(H,23,24)/t19-,21-/m0/s1. The van der Waals surface area contributed by atoms with Gasteiger partial charge in [-0.05, 0) is 18.9 Å². The molecule has 0 spiro atoms. The summed E-state index contributed by atoms with van der Waals surface area (Å²) in [6.07, 6.45) is 11.6. The molecule has 0 bridgehead atoms. The number of alkyl carbamates (subject to hydrolysis) is 1. The van der Waals surface area contributed by atoms with Crippen LogP contribution in [0.1, 0.15) is 75.5 Å². The second-order valence-electron chi connectivity index (χ2n) is 6.83. The fourth-order valence-corrected chi connectivity index (χ4v) is 3.15. The third-order valence-corrected chi connectivity index (χ3v) is 4.77. The van der Waals surface area contributed by atoms with E-state index in [4.69, 9.17) is 4.74 Å². The van der Waals surface area contributed by atoms with Crippen molar-refractivity contribution in [2.24, 2.45) is 5.92 Å². The molecule has 1 aromatic carbocycles. The molecule has 140 valence electrons. The van der Waals surface area contributed by atoms with Crippen LogP contribution in [0.15, 0.2) is 36.9 Å². The van der Waals surface area contributed by atoms with E-state index in [1.807, 2.05) is 6.08 Å². The number of hydrogen-bond donors (Lipinski definition) is 1. The highest BCUT2D eigenvalue weighted by atomic mass is 16.5. The number of carbonyl (C=O) groups is 1. The van der Waals surface area contributed by atoms with Gasteiger partial charge in [-0.25, -0.2) is 4.79 Å². The average Bonchev–Trinajstić information content (AvgIpc) is 2.63. The molecule has 0 fully saturated rings. The number of rotatable bonds is 12. The van der Waals surface area contributed by atoms with E-state index < -0.39 is 6.09 Å². The molecule has 0 aliphatic rings. The van der Waals surface area contributed by atoms with Gasteiger partial charge >= 0.3 is 6.09 Å². The minimum Gasteiger partial charge on any atom is -0.453 e. The monoisotopic (exact) mass is 345 g/mol. The maximum atomic E-state index is 11.8. The van der Waals surface area contributed by atoms with Crippen LogP contribution in [0.25, 0.3) is 0 Å². The van der Waals surface area contributed by atoms with E-state index in [0.29, 0.717) is 0 Å². The van der Waals surface area contributed by atoms with Crippen LogP contribution in [0.2, 0.25) is 0 Å². The molecule has 1 aromatic rings. The van der Waals surface area contributed by atoms with Gasteiger partial charge in [0, 0.05) is 5.92 Å². The van der Waals surface area contributed by atoms with Crippen molar-refractivity contribution >= 4 is 6.09 Å². The Labute approximate surface area is 153 Å². The van der Waals surface area contributed by atoms with Gasteiger partial charge < -0.3 is 10.1 Å². The number of ether oxygens (including phenoxy) is 1. The lowest BCUT2D eigenvalue weighted by molar-refractivity contribution is 0.163. The van der Waals surface area contributed by atoms with Crippen LogP contribution >= 0.6 is 0 Å². The van der Waals surface area contributed by atoms with Crippen molar-refractivity contribution in [2.75, 3.05) is 7.11 Å². The van der Waals surface area contributed by atoms with E-state index in [9.17, 15) is 4.79 Å². The Hall–Kier alpha value is -1.77. The molecule has 25 heavy (non-hydrogen) atoms. The molecular weight excluding hydrogens is 310 g/mol. The molecule has 0 aliphatic heterocycles. The Bertz CT molecular complexity index is 495. The lowest BCUT2D eigenvalue weighted by Crippen LogP contribution is -2.32. The maximum Gasteiger partial charge on any atom is 0.407 e. The zero-order valence-electron chi connectivity index (χ0n) is 16.2. The van der Waals surface area contributed by atoms with E-state index in [0.717, 1.165) is 18.4 Å². The highest BCUT2D eigenvalue weighted by molar-refractivity contribution is 5.67. The Morgan fingerprint density at radius 2 is 1.72 bits per heavy atom. The molecule has 0 saturated heterocycles. The van der Waals surface area contributed by atoms with Crippen LogP contribution in [0.4, 0.5) is 4.79 Å². The number of benzene rings is 1. The van der Waals surface area contributed by atoms with Gasteiger partial charge in [0.05, 0.1) is 13.2 Å². The topological polar surface area (TPSA) is 38.3 Å². The predicted octanol–water partition coefficient (Wildman–Crippen LogP) is 6.34. The zero-order valence-corrected chi connectivity index (χ0v) is 16.2. The van der Waals surface area contributed by atoms with Crippen LogP contribution < -0.4 is 5.32 Å². The minimum atomic E-state index is -0.392. The molecule has 1 N–H and O–H groups in total. The van der Waals surface area contributed by atoms with Gasteiger partial charge in [0.2, 0.25) is 0 Å². The summed E-state index contributed by atoms with van der Waals surface area (Å²) in [7, 11) is 1.40. The lowest BCUT2D eigenvalue weighted by Gasteiger charge is -2.26. The highest BCUT2D eigenvalue weighted by Crippen LogP contribution is 2.28. The van der Waals surface area contributed by atoms with Crippen molar-refractivity contribution in [3.05, 3.63) is 48.0 Å². The van der Waals surface area contributed by atoms with Crippen LogP contribution in [0, 0.1) is 12.8 Å². The maximum absolute atomic E-state index is 11.8. The fourth-order valence-electron chi connectivity index (χ4n) is 3.15. The molecule has 0 saturated carbocycles. The molecule has 0 unspecified atom stereocenters. The van der Waals surface area contributed by atoms with Crippen LogP contribution in [-0.2, 0) is 4.74 Å². The molecule has 3 heteroatoms. The molecule has 1 amide bonds. The van der Waals surface area contributed by atoms with Crippen molar-refractivity contribution in [1.29, 1.82) is 0 Å². The fraction of sp³-hybridized carbons (Fsp3) is 0.591. The number of carbonyl (C=O) groups excluding carboxylic acids is 1. The number of hydrogen-bond acceptors (Lipinski definition) is 2. The number of aryl methyl sites for hydroxylation is 1. The third kappa shape index (κ3) is 8.24. The molecule has 0 radical (unpaired) electrons. The van der Waals surface area contributed by atoms with E-state index in [1.54, 1.807) is 0 Å². The summed E-state index contributed by atoms with van der Waals surface area (Å²) in [6.45, 7) is 8.32. The summed E-state index contributed by atoms with van der Waals surface area (Å²) in [5.41, 5.74) is 2.31. The quantitative estimate of drug-likeness (QED) is 0.355. The third-order valence-electron chi connectivity index (χ3n) is 4.77. The van der Waals surface area contributed by atoms with E-state index in [1.165, 1.54) is 51.2 Å². The first-order valence-electron chi connectivity index (χ1n) is 9.66. The van der Waals surface area contributed by atoms with Gasteiger partial charge in [-0.2, -0.15) is 0 Å². The Kier molecular flexibility index (Phi) is 10.7. The lowest BCUT2D eigenvalue weighted by atomic mass is 9.88. The summed E-state index contributed by atoms with van der Waals surface area (Å²) in [4.78, 5) is 11.8. The molecule has 0 aromatic heterocycles. The smallest absolute Gasteiger partial charge is 0.407 e. The molecule has 1 rings (SSSR count). The highest BCUT2D eigenvalue weighted by Gasteiger charge is 2.22. The first-order chi connectivity index (χ1) is 12.1. The summed E-state index contributed by atoms with van der Waals surface area (Å²) in [5.74, 6) is 0.206. The molecule has 2 atom stereocenters. The van der Waals surface area contributed by atoms with Gasteiger partial charge in [-0.1, -0.05) is 87.8 Å². The van der Waals surface area contributed by atoms with E-state index >= 15 is 0 Å². The van der Waals surface area contributed by atoms with Crippen molar-refractivity contribution in [3.63, 3.8) is 0 Å². The second-order valence-corrected chi connectivity index (χ2v) is 6.83. The summed E-state index contributed by atoms with van der Waals surface area (Å²) in [6, 6.07) is 8.23. The number of amides is 1. The first kappa shape index (κ1) is 21.3. The number of nitrogens with one attached hydrogen (secondary N) is 1. The largest absolute Gasteiger partial charge is 0.453 e. The number of methoxy groups -OCH3 is 1. The van der Waals surface area contributed by atoms with Gasteiger partial charge in [-0.3, -0.25) is 0 Å². The second kappa shape index (κ2) is 12.6. The Morgan fingerprint density at radius 3 is 2.28 bits per heavy atom. The predicted molar refractivity (Wildman–Crippen MR) is 106 cm³/mol. The van der Waals surface area contributed by atoms with Crippen LogP contribution in [-0.4, -0.2) is 13.2 Å². The van der Waals surface area contributed by atoms with Crippen LogP contribution in [0.3, 0.4) is 0 Å². The van der Waals surface area contributed by atoms with Gasteiger partial charge in [0.25, 0.3) is 0 Å². The van der Waals surface area contributed by atoms with Crippen molar-refractivity contribution in [3.8, 4) is 0 Å². The van der Waals surface area contributed by atoms with E-state index in [2.05, 4.69) is 50.0 Å². The Balaban J connectivity index is 2.62. The summed E-state index contributed by atoms with van der Waals surface area (Å²) >= 11 is 0. The van der Waals surface area contributed by atoms with Gasteiger partial charge in [-0.15, -0.1) is 6.58 Å². The van der Waals surface area contributed by atoms with Gasteiger partial charge in [0.15, 0.2) is 0 Å². The molecule has 0 heterocycles. The van der Waals surface area contributed by atoms with Gasteiger partial charge in [0.1, 0.15) is 0 Å². The van der Waals surface area contributed by atoms with E-state index in [-0.39, 0.29) is 12.0 Å². The normalized spacial score (nSPS) is 13.1. The van der Waals surface area contributed by atoms with Crippen molar-refractivity contribution in [1.82, 2.24) is 5.32 Å². The van der Waals surface area contributed by atoms with Crippen LogP contribution in [0.5, 0.6) is 0 Å². The minimum absolute atomic E-state index is 0.0920. The SMILES string of the molecule is C=C[C@@H](CCCCCCCCC)[C@H](NC(=O)OC)c1ccc(C)cc1. The first-order valence-corrected chi connectivity index (χ1v) is 9.66. The molecule has 0 aliphatic carbocycles. The molecule has 3 nitrogen and oxygen atoms in total. The number of unbranched alkanes of at least 4 members (excludes halogenated alkanes) is 6. The molecular formula is C22H35NO2.